The third-order valence-corrected chi connectivity index (χ3v) is 3.19. The molecule has 1 heterocycles. The molecule has 0 unspecified atom stereocenters. The Kier molecular flexibility index (Phi) is 4.14. The van der Waals surface area contributed by atoms with Gasteiger partial charge in [-0.1, -0.05) is 18.2 Å². The molecular weight excluding hydrogens is 252 g/mol. The third-order valence-electron chi connectivity index (χ3n) is 3.19. The first kappa shape index (κ1) is 14.6. The van der Waals surface area contributed by atoms with Gasteiger partial charge >= 0.3 is 5.97 Å². The molecular formula is C16H22N2O2. The first-order valence-electron chi connectivity index (χ1n) is 6.81. The van der Waals surface area contributed by atoms with Crippen molar-refractivity contribution in [2.45, 2.75) is 38.8 Å². The Morgan fingerprint density at radius 3 is 2.70 bits per heavy atom. The van der Waals surface area contributed by atoms with Crippen molar-refractivity contribution in [1.29, 1.82) is 0 Å². The first-order valence-corrected chi connectivity index (χ1v) is 6.81. The third kappa shape index (κ3) is 3.39. The van der Waals surface area contributed by atoms with Crippen LogP contribution in [0, 0.1) is 0 Å². The van der Waals surface area contributed by atoms with E-state index in [1.165, 1.54) is 7.11 Å². The highest BCUT2D eigenvalue weighted by atomic mass is 16.5. The van der Waals surface area contributed by atoms with E-state index in [9.17, 15) is 4.79 Å². The summed E-state index contributed by atoms with van der Waals surface area (Å²) in [7, 11) is 1.43. The molecule has 0 spiro atoms. The van der Waals surface area contributed by atoms with Crippen LogP contribution in [0.5, 0.6) is 0 Å². The van der Waals surface area contributed by atoms with Gasteiger partial charge < -0.3 is 9.72 Å². The summed E-state index contributed by atoms with van der Waals surface area (Å²) in [4.78, 5) is 15.2. The second-order valence-electron chi connectivity index (χ2n) is 6.03. The van der Waals surface area contributed by atoms with Crippen molar-refractivity contribution in [1.82, 2.24) is 10.3 Å². The molecule has 0 aliphatic heterocycles. The van der Waals surface area contributed by atoms with Crippen molar-refractivity contribution in [2.75, 3.05) is 7.11 Å². The number of nitrogens with one attached hydrogen (secondary N) is 2. The van der Waals surface area contributed by atoms with Gasteiger partial charge in [0.05, 0.1) is 7.11 Å². The molecule has 1 aromatic carbocycles. The summed E-state index contributed by atoms with van der Waals surface area (Å²) in [6.07, 6.45) is 2.57. The summed E-state index contributed by atoms with van der Waals surface area (Å²) in [5, 5.41) is 4.47. The van der Waals surface area contributed by atoms with Crippen LogP contribution in [0.25, 0.3) is 10.9 Å². The molecule has 0 aliphatic rings. The van der Waals surface area contributed by atoms with Crippen molar-refractivity contribution < 1.29 is 9.53 Å². The number of methoxy groups -OCH3 is 1. The highest BCUT2D eigenvalue weighted by molar-refractivity contribution is 5.84. The Labute approximate surface area is 119 Å². The molecule has 2 rings (SSSR count). The van der Waals surface area contributed by atoms with E-state index >= 15 is 0 Å². The van der Waals surface area contributed by atoms with Crippen molar-refractivity contribution >= 4 is 16.9 Å². The number of carbonyl (C=O) groups is 1. The van der Waals surface area contributed by atoms with Gasteiger partial charge in [-0.2, -0.15) is 0 Å². The molecule has 0 fully saturated rings. The van der Waals surface area contributed by atoms with Gasteiger partial charge in [-0.05, 0) is 32.4 Å². The highest BCUT2D eigenvalue weighted by Gasteiger charge is 2.25. The zero-order valence-corrected chi connectivity index (χ0v) is 12.5. The number of aromatic nitrogens is 1. The maximum Gasteiger partial charge on any atom is 0.323 e. The fourth-order valence-electron chi connectivity index (χ4n) is 2.38. The average Bonchev–Trinajstić information content (AvgIpc) is 2.79. The fraction of sp³-hybridized carbons (Fsp3) is 0.438. The van der Waals surface area contributed by atoms with Crippen molar-refractivity contribution in [2.24, 2.45) is 0 Å². The summed E-state index contributed by atoms with van der Waals surface area (Å²) in [5.41, 5.74) is 2.06. The molecule has 0 bridgehead atoms. The Balaban J connectivity index is 2.25. The first-order chi connectivity index (χ1) is 9.40. The molecule has 0 aliphatic carbocycles. The lowest BCUT2D eigenvalue weighted by atomic mass is 10.0. The molecule has 4 nitrogen and oxygen atoms in total. The number of carbonyl (C=O) groups excluding carboxylic acids is 1. The van der Waals surface area contributed by atoms with Crippen LogP contribution in [-0.2, 0) is 16.0 Å². The van der Waals surface area contributed by atoms with E-state index in [2.05, 4.69) is 16.4 Å². The Bertz CT molecular complexity index is 596. The van der Waals surface area contributed by atoms with E-state index in [-0.39, 0.29) is 17.6 Å². The molecule has 0 saturated heterocycles. The number of ether oxygens (including phenoxy) is 1. The smallest absolute Gasteiger partial charge is 0.323 e. The minimum absolute atomic E-state index is 0.148. The van der Waals surface area contributed by atoms with Gasteiger partial charge in [-0.15, -0.1) is 0 Å². The predicted octanol–water partition coefficient (Wildman–Crippen LogP) is 2.64. The molecule has 20 heavy (non-hydrogen) atoms. The monoisotopic (exact) mass is 274 g/mol. The second kappa shape index (κ2) is 5.67. The number of hydrogen-bond donors (Lipinski definition) is 2. The summed E-state index contributed by atoms with van der Waals surface area (Å²) in [6, 6.07) is 7.74. The standard InChI is InChI=1S/C16H22N2O2/c1-16(2,3)18-14(15(19)20-4)9-11-10-17-13-8-6-5-7-12(11)13/h5-8,10,14,17-18H,9H2,1-4H3/t14-/m1/s1. The summed E-state index contributed by atoms with van der Waals surface area (Å²) < 4.78 is 4.91. The van der Waals surface area contributed by atoms with Gasteiger partial charge in [0.1, 0.15) is 6.04 Å². The van der Waals surface area contributed by atoms with Gasteiger partial charge in [0.25, 0.3) is 0 Å². The number of esters is 1. The van der Waals surface area contributed by atoms with Crippen LogP contribution in [0.3, 0.4) is 0 Å². The van der Waals surface area contributed by atoms with Crippen LogP contribution in [0.4, 0.5) is 0 Å². The fourth-order valence-corrected chi connectivity index (χ4v) is 2.38. The number of H-pyrrole nitrogens is 1. The normalized spacial score (nSPS) is 13.4. The molecule has 2 N–H and O–H groups in total. The SMILES string of the molecule is COC(=O)[C@@H](Cc1c[nH]c2ccccc12)NC(C)(C)C. The Morgan fingerprint density at radius 1 is 1.35 bits per heavy atom. The summed E-state index contributed by atoms with van der Waals surface area (Å²) in [5.74, 6) is -0.231. The number of benzene rings is 1. The number of hydrogen-bond acceptors (Lipinski definition) is 3. The topological polar surface area (TPSA) is 54.1 Å². The Morgan fingerprint density at radius 2 is 2.05 bits per heavy atom. The maximum absolute atomic E-state index is 12.0. The minimum atomic E-state index is -0.348. The lowest BCUT2D eigenvalue weighted by Gasteiger charge is -2.26. The van der Waals surface area contributed by atoms with Crippen LogP contribution in [0.15, 0.2) is 30.5 Å². The van der Waals surface area contributed by atoms with Crippen LogP contribution in [0.2, 0.25) is 0 Å². The summed E-state index contributed by atoms with van der Waals surface area (Å²) >= 11 is 0. The van der Waals surface area contributed by atoms with E-state index in [1.807, 2.05) is 45.2 Å². The van der Waals surface area contributed by atoms with E-state index < -0.39 is 0 Å². The highest BCUT2D eigenvalue weighted by Crippen LogP contribution is 2.20. The van der Waals surface area contributed by atoms with Crippen LogP contribution >= 0.6 is 0 Å². The van der Waals surface area contributed by atoms with Crippen LogP contribution < -0.4 is 5.32 Å². The summed E-state index contributed by atoms with van der Waals surface area (Å²) in [6.45, 7) is 6.12. The zero-order chi connectivity index (χ0) is 14.8. The van der Waals surface area contributed by atoms with Gasteiger partial charge in [0.15, 0.2) is 0 Å². The molecule has 0 radical (unpaired) electrons. The maximum atomic E-state index is 12.0. The molecule has 4 heteroatoms. The second-order valence-corrected chi connectivity index (χ2v) is 6.03. The Hall–Kier alpha value is -1.81. The molecule has 0 amide bonds. The lowest BCUT2D eigenvalue weighted by Crippen LogP contribution is -2.49. The predicted molar refractivity (Wildman–Crippen MR) is 80.7 cm³/mol. The van der Waals surface area contributed by atoms with E-state index in [4.69, 9.17) is 4.74 Å². The minimum Gasteiger partial charge on any atom is -0.468 e. The van der Waals surface area contributed by atoms with E-state index in [1.54, 1.807) is 0 Å². The number of aromatic amines is 1. The molecule has 2 aromatic rings. The average molecular weight is 274 g/mol. The van der Waals surface area contributed by atoms with Crippen molar-refractivity contribution in [3.8, 4) is 0 Å². The number of rotatable bonds is 4. The van der Waals surface area contributed by atoms with Gasteiger partial charge in [0.2, 0.25) is 0 Å². The molecule has 108 valence electrons. The lowest BCUT2D eigenvalue weighted by molar-refractivity contribution is -0.143. The zero-order valence-electron chi connectivity index (χ0n) is 12.5. The molecule has 1 aromatic heterocycles. The number of fused-ring (bicyclic) bond motifs is 1. The van der Waals surface area contributed by atoms with Crippen molar-refractivity contribution in [3.05, 3.63) is 36.0 Å². The van der Waals surface area contributed by atoms with Gasteiger partial charge in [-0.25, -0.2) is 0 Å². The largest absolute Gasteiger partial charge is 0.468 e. The van der Waals surface area contributed by atoms with Crippen molar-refractivity contribution in [3.63, 3.8) is 0 Å². The van der Waals surface area contributed by atoms with Gasteiger partial charge in [0, 0.05) is 29.1 Å². The quantitative estimate of drug-likeness (QED) is 0.843. The molecule has 1 atom stereocenters. The van der Waals surface area contributed by atoms with E-state index in [0.29, 0.717) is 6.42 Å². The van der Waals surface area contributed by atoms with Crippen LogP contribution in [0.1, 0.15) is 26.3 Å². The van der Waals surface area contributed by atoms with Crippen LogP contribution in [-0.4, -0.2) is 29.6 Å². The van der Waals surface area contributed by atoms with E-state index in [0.717, 1.165) is 16.5 Å². The number of para-hydroxylation sites is 1. The molecule has 0 saturated carbocycles. The van der Waals surface area contributed by atoms with Gasteiger partial charge in [-0.3, -0.25) is 10.1 Å².